The van der Waals surface area contributed by atoms with E-state index < -0.39 is 10.5 Å². The maximum Gasteiger partial charge on any atom is 1.00 e. The van der Waals surface area contributed by atoms with Crippen molar-refractivity contribution in [3.8, 4) is 0 Å². The van der Waals surface area contributed by atoms with Gasteiger partial charge in [0.1, 0.15) is 0 Å². The average Bonchev–Trinajstić information content (AvgIpc) is 1.79. The molecule has 0 aromatic carbocycles. The summed E-state index contributed by atoms with van der Waals surface area (Å²) < 4.78 is 43.4. The molecule has 0 aliphatic heterocycles. The van der Waals surface area contributed by atoms with Crippen LogP contribution in [0.3, 0.4) is 0 Å². The molecule has 0 saturated heterocycles. The third-order valence-corrected chi connectivity index (χ3v) is 0.492. The van der Waals surface area contributed by atoms with Crippen molar-refractivity contribution in [3.63, 3.8) is 0 Å². The molecule has 0 amide bonds. The zero-order valence-corrected chi connectivity index (χ0v) is 8.10. The second-order valence-corrected chi connectivity index (χ2v) is 2.22. The summed E-state index contributed by atoms with van der Waals surface area (Å²) >= 11 is 0. The summed E-state index contributed by atoms with van der Waals surface area (Å²) in [6, 6.07) is 0. The Balaban J connectivity index is -0.0000000546. The maximum absolute atomic E-state index is 10.2. The van der Waals surface area contributed by atoms with Gasteiger partial charge in [-0.2, -0.15) is 8.42 Å². The Morgan fingerprint density at radius 3 is 1.58 bits per heavy atom. The van der Waals surface area contributed by atoms with E-state index in [1.54, 1.807) is 14.2 Å². The number of hydrogen-bond donors (Lipinski definition) is 1. The van der Waals surface area contributed by atoms with Crippen LogP contribution in [0.1, 0.15) is 1.43 Å². The molecule has 0 aliphatic rings. The van der Waals surface area contributed by atoms with E-state index in [2.05, 4.69) is 9.47 Å². The Bertz CT molecular complexity index is 152. The van der Waals surface area contributed by atoms with E-state index in [1.807, 2.05) is 0 Å². The summed E-state index contributed by atoms with van der Waals surface area (Å²) in [5, 5.41) is 0. The Kier molecular flexibility index (Phi) is 17.2. The third-order valence-electron chi connectivity index (χ3n) is 0.492. The van der Waals surface area contributed by atoms with Crippen molar-refractivity contribution in [2.75, 3.05) is 27.4 Å². The zero-order chi connectivity index (χ0) is 9.33. The molecule has 0 fully saturated rings. The van der Waals surface area contributed by atoms with E-state index in [0.717, 1.165) is 0 Å². The van der Waals surface area contributed by atoms with Crippen molar-refractivity contribution in [3.05, 3.63) is 0 Å². The van der Waals surface area contributed by atoms with E-state index in [9.17, 15) is 3.89 Å². The summed E-state index contributed by atoms with van der Waals surface area (Å²) in [5.41, 5.74) is 0. The van der Waals surface area contributed by atoms with Gasteiger partial charge in [0.15, 0.2) is 0 Å². The van der Waals surface area contributed by atoms with Gasteiger partial charge in [-0.15, -0.1) is 0 Å². The van der Waals surface area contributed by atoms with Crippen molar-refractivity contribution < 1.29 is 46.6 Å². The normalized spacial score (nSPS) is 9.33. The van der Waals surface area contributed by atoms with Gasteiger partial charge in [-0.1, -0.05) is 3.89 Å². The van der Waals surface area contributed by atoms with Crippen molar-refractivity contribution in [1.29, 1.82) is 0 Å². The first-order chi connectivity index (χ1) is 4.91. The molecule has 5 nitrogen and oxygen atoms in total. The minimum Gasteiger partial charge on any atom is -1.00 e. The van der Waals surface area contributed by atoms with Crippen molar-refractivity contribution >= 4 is 10.5 Å². The smallest absolute Gasteiger partial charge is 1.00 e. The molecule has 0 atom stereocenters. The SMILES string of the molecule is COCCOC.O=S(=O)(O)F.[H-].[Li+]. The fourth-order valence-electron chi connectivity index (χ4n) is 0.167. The first kappa shape index (κ1) is 18.2. The summed E-state index contributed by atoms with van der Waals surface area (Å²) in [6.07, 6.45) is 0. The largest absolute Gasteiger partial charge is 1.00 e. The maximum atomic E-state index is 10.2. The third kappa shape index (κ3) is 80.5. The molecule has 0 saturated carbocycles. The van der Waals surface area contributed by atoms with E-state index in [1.165, 1.54) is 0 Å². The number of hydrogen-bond acceptors (Lipinski definition) is 4. The first-order valence-corrected chi connectivity index (χ1v) is 3.90. The molecule has 0 rings (SSSR count). The Morgan fingerprint density at radius 2 is 1.50 bits per heavy atom. The number of methoxy groups -OCH3 is 2. The van der Waals surface area contributed by atoms with Crippen LogP contribution in [0.5, 0.6) is 0 Å². The molecule has 0 aromatic rings. The molecule has 0 spiro atoms. The van der Waals surface area contributed by atoms with Crippen molar-refractivity contribution in [2.45, 2.75) is 0 Å². The predicted octanol–water partition coefficient (Wildman–Crippen LogP) is -2.85. The minimum absolute atomic E-state index is 0. The zero-order valence-electron chi connectivity index (χ0n) is 8.28. The number of ether oxygens (including phenoxy) is 2. The number of rotatable bonds is 3. The summed E-state index contributed by atoms with van der Waals surface area (Å²) in [6.45, 7) is 1.38. The topological polar surface area (TPSA) is 72.8 Å². The van der Waals surface area contributed by atoms with Gasteiger partial charge in [0.25, 0.3) is 0 Å². The van der Waals surface area contributed by atoms with E-state index >= 15 is 0 Å². The van der Waals surface area contributed by atoms with Crippen LogP contribution < -0.4 is 18.9 Å². The Labute approximate surface area is 84.9 Å². The summed E-state index contributed by atoms with van der Waals surface area (Å²) in [4.78, 5) is 0. The van der Waals surface area contributed by atoms with Gasteiger partial charge in [0.2, 0.25) is 0 Å². The second kappa shape index (κ2) is 11.4. The van der Waals surface area contributed by atoms with Crippen molar-refractivity contribution in [1.82, 2.24) is 0 Å². The standard InChI is InChI=1S/C4H10O2.FHO3S.Li.H/c1-5-3-4-6-2;1-5(2,3)4;;/h3-4H2,1-2H3;(H,2,3,4);;/q;;+1;-1. The van der Waals surface area contributed by atoms with Gasteiger partial charge in [-0.05, 0) is 0 Å². The Morgan fingerprint density at radius 1 is 1.33 bits per heavy atom. The van der Waals surface area contributed by atoms with Gasteiger partial charge in [0, 0.05) is 14.2 Å². The van der Waals surface area contributed by atoms with Crippen LogP contribution in [-0.4, -0.2) is 40.4 Å². The van der Waals surface area contributed by atoms with E-state index in [0.29, 0.717) is 13.2 Å². The van der Waals surface area contributed by atoms with Gasteiger partial charge >= 0.3 is 29.4 Å². The quantitative estimate of drug-likeness (QED) is 0.229. The van der Waals surface area contributed by atoms with Crippen LogP contribution in [0.15, 0.2) is 0 Å². The van der Waals surface area contributed by atoms with Gasteiger partial charge in [-0.3, -0.25) is 4.55 Å². The minimum atomic E-state index is -5.17. The fraction of sp³-hybridized carbons (Fsp3) is 1.00. The van der Waals surface area contributed by atoms with Gasteiger partial charge < -0.3 is 10.9 Å². The van der Waals surface area contributed by atoms with Crippen LogP contribution in [-0.2, 0) is 20.0 Å². The molecule has 0 radical (unpaired) electrons. The van der Waals surface area contributed by atoms with Gasteiger partial charge in [0.05, 0.1) is 13.2 Å². The second-order valence-electron chi connectivity index (χ2n) is 1.40. The molecular formula is C4H12FLiO5S. The molecule has 0 aliphatic carbocycles. The van der Waals surface area contributed by atoms with Gasteiger partial charge in [-0.25, -0.2) is 0 Å². The fourth-order valence-corrected chi connectivity index (χ4v) is 0.167. The molecule has 8 heteroatoms. The molecule has 0 bridgehead atoms. The molecule has 0 heterocycles. The monoisotopic (exact) mass is 198 g/mol. The number of halogens is 1. The molecule has 0 aromatic heterocycles. The average molecular weight is 198 g/mol. The van der Waals surface area contributed by atoms with Crippen LogP contribution in [0.25, 0.3) is 0 Å². The molecule has 1 N–H and O–H groups in total. The molecule has 12 heavy (non-hydrogen) atoms. The van der Waals surface area contributed by atoms with Crippen LogP contribution in [0, 0.1) is 0 Å². The van der Waals surface area contributed by atoms with Crippen LogP contribution >= 0.6 is 0 Å². The summed E-state index contributed by atoms with van der Waals surface area (Å²) in [7, 11) is -1.86. The Hall–Kier alpha value is 0.357. The molecule has 72 valence electrons. The molecular weight excluding hydrogens is 186 g/mol. The van der Waals surface area contributed by atoms with Crippen molar-refractivity contribution in [2.24, 2.45) is 0 Å². The van der Waals surface area contributed by atoms with Crippen LogP contribution in [0.4, 0.5) is 3.89 Å². The molecule has 0 unspecified atom stereocenters. The van der Waals surface area contributed by atoms with Crippen LogP contribution in [0.2, 0.25) is 0 Å². The summed E-state index contributed by atoms with van der Waals surface area (Å²) in [5.74, 6) is 0. The first-order valence-electron chi connectivity index (χ1n) is 2.56. The van der Waals surface area contributed by atoms with E-state index in [4.69, 9.17) is 13.0 Å². The predicted molar refractivity (Wildman–Crippen MR) is 37.5 cm³/mol. The van der Waals surface area contributed by atoms with E-state index in [-0.39, 0.29) is 20.3 Å².